The zero-order valence-corrected chi connectivity index (χ0v) is 15.2. The largest absolute Gasteiger partial charge is 0.373 e. The van der Waals surface area contributed by atoms with Crippen molar-refractivity contribution >= 4 is 23.4 Å². The second-order valence-corrected chi connectivity index (χ2v) is 6.68. The summed E-state index contributed by atoms with van der Waals surface area (Å²) in [7, 11) is 1.92. The lowest BCUT2D eigenvalue weighted by molar-refractivity contribution is 0.573. The first-order valence-corrected chi connectivity index (χ1v) is 9.12. The molecule has 1 aromatic rings. The smallest absolute Gasteiger partial charge is 0.134 e. The third-order valence-corrected chi connectivity index (χ3v) is 5.79. The van der Waals surface area contributed by atoms with Crippen molar-refractivity contribution < 1.29 is 0 Å². The fourth-order valence-corrected chi connectivity index (χ4v) is 3.21. The molecule has 0 aliphatic heterocycles. The van der Waals surface area contributed by atoms with Gasteiger partial charge in [-0.25, -0.2) is 9.97 Å². The molecule has 4 nitrogen and oxygen atoms in total. The molecule has 0 saturated heterocycles. The molecule has 1 heterocycles. The predicted molar refractivity (Wildman–Crippen MR) is 95.6 cm³/mol. The second-order valence-electron chi connectivity index (χ2n) is 5.41. The van der Waals surface area contributed by atoms with Crippen LogP contribution in [0.1, 0.15) is 51.4 Å². The van der Waals surface area contributed by atoms with E-state index in [-0.39, 0.29) is 4.75 Å². The Labute approximate surface area is 133 Å². The molecule has 0 aliphatic rings. The number of nitrogens with one attached hydrogen (secondary N) is 2. The Balaban J connectivity index is 2.98. The molecule has 1 rings (SSSR count). The summed E-state index contributed by atoms with van der Waals surface area (Å²) in [6.07, 6.45) is 6.48. The van der Waals surface area contributed by atoms with Gasteiger partial charge in [0.15, 0.2) is 0 Å². The maximum atomic E-state index is 4.71. The van der Waals surface area contributed by atoms with Gasteiger partial charge in [-0.2, -0.15) is 11.8 Å². The van der Waals surface area contributed by atoms with Crippen LogP contribution in [0.15, 0.2) is 0 Å². The van der Waals surface area contributed by atoms with Crippen LogP contribution in [0.4, 0.5) is 11.6 Å². The van der Waals surface area contributed by atoms with Gasteiger partial charge in [0.1, 0.15) is 17.5 Å². The monoisotopic (exact) mass is 310 g/mol. The third kappa shape index (κ3) is 4.50. The minimum Gasteiger partial charge on any atom is -0.373 e. The average Bonchev–Trinajstić information content (AvgIpc) is 2.52. The van der Waals surface area contributed by atoms with Crippen LogP contribution in [-0.4, -0.2) is 34.6 Å². The van der Waals surface area contributed by atoms with Crippen LogP contribution >= 0.6 is 11.8 Å². The van der Waals surface area contributed by atoms with Crippen LogP contribution in [0, 0.1) is 6.92 Å². The Morgan fingerprint density at radius 2 is 1.71 bits per heavy atom. The van der Waals surface area contributed by atoms with Gasteiger partial charge in [-0.3, -0.25) is 0 Å². The molecule has 0 aliphatic carbocycles. The van der Waals surface area contributed by atoms with Crippen molar-refractivity contribution in [1.82, 2.24) is 9.97 Å². The van der Waals surface area contributed by atoms with Crippen molar-refractivity contribution in [3.63, 3.8) is 0 Å². The zero-order chi connectivity index (χ0) is 15.9. The molecule has 0 saturated carbocycles. The minimum atomic E-state index is 0.280. The van der Waals surface area contributed by atoms with Crippen molar-refractivity contribution in [1.29, 1.82) is 0 Å². The maximum absolute atomic E-state index is 4.71. The number of hydrogen-bond acceptors (Lipinski definition) is 5. The lowest BCUT2D eigenvalue weighted by Crippen LogP contribution is -2.32. The molecule has 0 bridgehead atoms. The Hall–Kier alpha value is -0.970. The highest BCUT2D eigenvalue weighted by atomic mass is 32.2. The van der Waals surface area contributed by atoms with Crippen molar-refractivity contribution in [3.8, 4) is 0 Å². The quantitative estimate of drug-likeness (QED) is 0.719. The molecule has 0 fully saturated rings. The van der Waals surface area contributed by atoms with Crippen LogP contribution in [0.5, 0.6) is 0 Å². The summed E-state index contributed by atoms with van der Waals surface area (Å²) < 4.78 is 0.280. The van der Waals surface area contributed by atoms with Gasteiger partial charge in [0.25, 0.3) is 0 Å². The topological polar surface area (TPSA) is 49.8 Å². The van der Waals surface area contributed by atoms with E-state index in [1.807, 2.05) is 18.8 Å². The number of aromatic nitrogens is 2. The number of hydrogen-bond donors (Lipinski definition) is 2. The summed E-state index contributed by atoms with van der Waals surface area (Å²) in [5.41, 5.74) is 1.10. The molecule has 0 unspecified atom stereocenters. The molecule has 1 aromatic heterocycles. The normalized spacial score (nSPS) is 11.5. The lowest BCUT2D eigenvalue weighted by Gasteiger charge is -2.30. The molecule has 0 radical (unpaired) electrons. The SMILES string of the molecule is CCCc1nc(NC)c(C)c(NCC(CC)(CC)SC)n1. The summed E-state index contributed by atoms with van der Waals surface area (Å²) in [6, 6.07) is 0. The number of anilines is 2. The van der Waals surface area contributed by atoms with Gasteiger partial charge in [0.05, 0.1) is 0 Å². The fourth-order valence-electron chi connectivity index (χ4n) is 2.42. The van der Waals surface area contributed by atoms with E-state index in [2.05, 4.69) is 49.6 Å². The molecular formula is C16H30N4S. The lowest BCUT2D eigenvalue weighted by atomic mass is 10.0. The van der Waals surface area contributed by atoms with Crippen LogP contribution in [0.3, 0.4) is 0 Å². The van der Waals surface area contributed by atoms with Crippen LogP contribution in [0.2, 0.25) is 0 Å². The van der Waals surface area contributed by atoms with E-state index in [1.54, 1.807) is 0 Å². The first kappa shape index (κ1) is 18.1. The maximum Gasteiger partial charge on any atom is 0.134 e. The fraction of sp³-hybridized carbons (Fsp3) is 0.750. The Bertz CT molecular complexity index is 436. The highest BCUT2D eigenvalue weighted by molar-refractivity contribution is 8.00. The summed E-state index contributed by atoms with van der Waals surface area (Å²) in [6.45, 7) is 9.69. The minimum absolute atomic E-state index is 0.280. The van der Waals surface area contributed by atoms with E-state index >= 15 is 0 Å². The molecule has 0 amide bonds. The highest BCUT2D eigenvalue weighted by Gasteiger charge is 2.25. The van der Waals surface area contributed by atoms with Gasteiger partial charge in [-0.1, -0.05) is 20.8 Å². The van der Waals surface area contributed by atoms with E-state index in [0.29, 0.717) is 0 Å². The van der Waals surface area contributed by atoms with Gasteiger partial charge in [-0.05, 0) is 32.4 Å². The first-order chi connectivity index (χ1) is 10.1. The van der Waals surface area contributed by atoms with E-state index < -0.39 is 0 Å². The Kier molecular flexibility index (Phi) is 7.29. The van der Waals surface area contributed by atoms with Gasteiger partial charge in [0.2, 0.25) is 0 Å². The van der Waals surface area contributed by atoms with E-state index in [9.17, 15) is 0 Å². The van der Waals surface area contributed by atoms with Crippen LogP contribution in [0.25, 0.3) is 0 Å². The number of aryl methyl sites for hydroxylation is 1. The summed E-state index contributed by atoms with van der Waals surface area (Å²) in [5.74, 6) is 2.81. The zero-order valence-electron chi connectivity index (χ0n) is 14.3. The molecule has 120 valence electrons. The van der Waals surface area contributed by atoms with Gasteiger partial charge < -0.3 is 10.6 Å². The van der Waals surface area contributed by atoms with E-state index in [0.717, 1.165) is 55.3 Å². The molecule has 0 atom stereocenters. The van der Waals surface area contributed by atoms with Crippen LogP contribution in [-0.2, 0) is 6.42 Å². The molecule has 0 spiro atoms. The number of rotatable bonds is 9. The number of thioether (sulfide) groups is 1. The highest BCUT2D eigenvalue weighted by Crippen LogP contribution is 2.31. The van der Waals surface area contributed by atoms with Crippen molar-refractivity contribution in [2.45, 2.75) is 58.1 Å². The van der Waals surface area contributed by atoms with Gasteiger partial charge in [0, 0.05) is 30.3 Å². The standard InChI is InChI=1S/C16H30N4S/c1-7-10-13-19-14(17-5)12(4)15(20-13)18-11-16(8-2,9-3)21-6/h7-11H2,1-6H3,(H2,17,18,19,20). The number of nitrogens with zero attached hydrogens (tertiary/aromatic N) is 2. The van der Waals surface area contributed by atoms with Crippen molar-refractivity contribution in [3.05, 3.63) is 11.4 Å². The van der Waals surface area contributed by atoms with Crippen LogP contribution < -0.4 is 10.6 Å². The molecular weight excluding hydrogens is 280 g/mol. The summed E-state index contributed by atoms with van der Waals surface area (Å²) in [5, 5.41) is 6.75. The molecule has 2 N–H and O–H groups in total. The second kappa shape index (κ2) is 8.47. The van der Waals surface area contributed by atoms with Gasteiger partial charge in [-0.15, -0.1) is 0 Å². The van der Waals surface area contributed by atoms with Crippen molar-refractivity contribution in [2.75, 3.05) is 30.5 Å². The van der Waals surface area contributed by atoms with Crippen molar-refractivity contribution in [2.24, 2.45) is 0 Å². The molecule has 0 aromatic carbocycles. The summed E-state index contributed by atoms with van der Waals surface area (Å²) in [4.78, 5) is 9.28. The molecule has 5 heteroatoms. The van der Waals surface area contributed by atoms with E-state index in [4.69, 9.17) is 4.98 Å². The molecule has 21 heavy (non-hydrogen) atoms. The Morgan fingerprint density at radius 3 is 2.19 bits per heavy atom. The van der Waals surface area contributed by atoms with E-state index in [1.165, 1.54) is 0 Å². The Morgan fingerprint density at radius 1 is 1.10 bits per heavy atom. The average molecular weight is 311 g/mol. The van der Waals surface area contributed by atoms with Gasteiger partial charge >= 0.3 is 0 Å². The first-order valence-electron chi connectivity index (χ1n) is 7.90. The predicted octanol–water partition coefficient (Wildman–Crippen LogP) is 4.11. The summed E-state index contributed by atoms with van der Waals surface area (Å²) >= 11 is 1.95. The third-order valence-electron chi connectivity index (χ3n) is 4.20.